The van der Waals surface area contributed by atoms with Crippen LogP contribution in [0.4, 0.5) is 0 Å². The Morgan fingerprint density at radius 2 is 1.81 bits per heavy atom. The number of rotatable bonds is 5. The molecule has 3 amide bonds. The van der Waals surface area contributed by atoms with Gasteiger partial charge in [-0.3, -0.25) is 19.3 Å². The third-order valence-corrected chi connectivity index (χ3v) is 6.96. The maximum Gasteiger partial charge on any atom is 0.247 e. The SMILES string of the molecule is CC(C)[C@@H]1Oc2ccc(cc2)C=CNC(=O)[C@H](Cc2ccccc2)NC(=O)[C@@H]1NC(=O)[C@H]1CCCN1C. The van der Waals surface area contributed by atoms with Crippen molar-refractivity contribution in [1.82, 2.24) is 20.9 Å². The van der Waals surface area contributed by atoms with Crippen LogP contribution in [0.25, 0.3) is 6.08 Å². The van der Waals surface area contributed by atoms with E-state index in [0.29, 0.717) is 12.2 Å². The lowest BCUT2D eigenvalue weighted by atomic mass is 9.96. The van der Waals surface area contributed by atoms with Crippen LogP contribution in [0.1, 0.15) is 37.8 Å². The van der Waals surface area contributed by atoms with Crippen molar-refractivity contribution in [3.8, 4) is 5.75 Å². The van der Waals surface area contributed by atoms with Crippen LogP contribution in [0.3, 0.4) is 0 Å². The molecule has 8 heteroatoms. The Kier molecular flexibility index (Phi) is 8.61. The van der Waals surface area contributed by atoms with Crippen LogP contribution >= 0.6 is 0 Å². The number of hydrogen-bond donors (Lipinski definition) is 3. The van der Waals surface area contributed by atoms with E-state index >= 15 is 0 Å². The van der Waals surface area contributed by atoms with E-state index in [9.17, 15) is 14.4 Å². The van der Waals surface area contributed by atoms with E-state index in [2.05, 4.69) is 16.0 Å². The zero-order chi connectivity index (χ0) is 26.4. The summed E-state index contributed by atoms with van der Waals surface area (Å²) in [6.45, 7) is 4.73. The number of likely N-dealkylation sites (N-methyl/N-ethyl adjacent to an activating group) is 1. The van der Waals surface area contributed by atoms with Crippen LogP contribution < -0.4 is 20.7 Å². The summed E-state index contributed by atoms with van der Waals surface area (Å²) in [5, 5.41) is 8.68. The van der Waals surface area contributed by atoms with Gasteiger partial charge in [-0.15, -0.1) is 0 Å². The first-order valence-corrected chi connectivity index (χ1v) is 12.9. The molecule has 8 nitrogen and oxygen atoms in total. The Balaban J connectivity index is 1.68. The molecule has 2 aromatic rings. The van der Waals surface area contributed by atoms with Crippen LogP contribution in [-0.2, 0) is 20.8 Å². The number of nitrogens with zero attached hydrogens (tertiary/aromatic N) is 1. The average molecular weight is 505 g/mol. The van der Waals surface area contributed by atoms with E-state index in [0.717, 1.165) is 30.5 Å². The second-order valence-electron chi connectivity index (χ2n) is 10.1. The van der Waals surface area contributed by atoms with Crippen molar-refractivity contribution < 1.29 is 19.1 Å². The van der Waals surface area contributed by atoms with Crippen LogP contribution in [0.2, 0.25) is 0 Å². The van der Waals surface area contributed by atoms with E-state index in [-0.39, 0.29) is 23.8 Å². The summed E-state index contributed by atoms with van der Waals surface area (Å²) >= 11 is 0. The Hall–Kier alpha value is -3.65. The molecule has 3 aliphatic heterocycles. The zero-order valence-electron chi connectivity index (χ0n) is 21.6. The van der Waals surface area contributed by atoms with Gasteiger partial charge in [-0.2, -0.15) is 0 Å². The normalized spacial score (nSPS) is 24.8. The minimum atomic E-state index is -0.995. The van der Waals surface area contributed by atoms with Crippen molar-refractivity contribution >= 4 is 23.8 Å². The molecule has 5 rings (SSSR count). The molecule has 1 saturated heterocycles. The molecule has 2 aromatic carbocycles. The molecule has 3 heterocycles. The first-order chi connectivity index (χ1) is 17.8. The fourth-order valence-electron chi connectivity index (χ4n) is 4.83. The summed E-state index contributed by atoms with van der Waals surface area (Å²) in [7, 11) is 1.91. The Morgan fingerprint density at radius 1 is 1.08 bits per heavy atom. The van der Waals surface area contributed by atoms with Crippen molar-refractivity contribution in [2.75, 3.05) is 13.6 Å². The Labute approximate surface area is 218 Å². The molecular weight excluding hydrogens is 468 g/mol. The average Bonchev–Trinajstić information content (AvgIpc) is 3.32. The predicted molar refractivity (Wildman–Crippen MR) is 143 cm³/mol. The fourth-order valence-corrected chi connectivity index (χ4v) is 4.83. The molecule has 3 N–H and O–H groups in total. The minimum Gasteiger partial charge on any atom is -0.487 e. The smallest absolute Gasteiger partial charge is 0.247 e. The van der Waals surface area contributed by atoms with E-state index in [4.69, 9.17) is 4.74 Å². The maximum atomic E-state index is 13.8. The molecule has 0 spiro atoms. The van der Waals surface area contributed by atoms with Gasteiger partial charge in [0.05, 0.1) is 6.04 Å². The van der Waals surface area contributed by atoms with Gasteiger partial charge in [0.15, 0.2) is 0 Å². The molecule has 0 radical (unpaired) electrons. The van der Waals surface area contributed by atoms with Crippen molar-refractivity contribution in [2.24, 2.45) is 5.92 Å². The summed E-state index contributed by atoms with van der Waals surface area (Å²) in [6, 6.07) is 14.8. The summed E-state index contributed by atoms with van der Waals surface area (Å²) in [5.74, 6) is -0.516. The standard InChI is InChI=1S/C29H36N4O4/c1-19(2)26-25(32-28(35)24-10-7-17-33(24)3)29(36)31-23(18-21-8-5-4-6-9-21)27(34)30-16-15-20-11-13-22(37-26)14-12-20/h4-6,8-9,11-16,19,23-26H,7,10,17-18H2,1-3H3,(H,30,34)(H,31,36)(H,32,35)/t23-,24+,25+,26-/m0/s1. The largest absolute Gasteiger partial charge is 0.487 e. The maximum absolute atomic E-state index is 13.8. The summed E-state index contributed by atoms with van der Waals surface area (Å²) in [4.78, 5) is 42.3. The number of nitrogens with one attached hydrogen (secondary N) is 3. The van der Waals surface area contributed by atoms with E-state index in [1.54, 1.807) is 12.3 Å². The van der Waals surface area contributed by atoms with Gasteiger partial charge in [-0.05, 0) is 61.7 Å². The minimum absolute atomic E-state index is 0.105. The lowest BCUT2D eigenvalue weighted by molar-refractivity contribution is -0.135. The van der Waals surface area contributed by atoms with Crippen LogP contribution in [0.5, 0.6) is 5.75 Å². The number of hydrogen-bond acceptors (Lipinski definition) is 5. The molecule has 37 heavy (non-hydrogen) atoms. The highest BCUT2D eigenvalue weighted by Gasteiger charge is 2.38. The molecule has 1 fully saturated rings. The first kappa shape index (κ1) is 26.4. The molecule has 4 atom stereocenters. The van der Waals surface area contributed by atoms with Crippen molar-refractivity contribution in [3.63, 3.8) is 0 Å². The third kappa shape index (κ3) is 6.77. The highest BCUT2D eigenvalue weighted by molar-refractivity contribution is 5.94. The van der Waals surface area contributed by atoms with Crippen molar-refractivity contribution in [2.45, 2.75) is 57.3 Å². The predicted octanol–water partition coefficient (Wildman–Crippen LogP) is 2.50. The number of carbonyl (C=O) groups excluding carboxylic acids is 3. The van der Waals surface area contributed by atoms with Crippen molar-refractivity contribution in [1.29, 1.82) is 0 Å². The summed E-state index contributed by atoms with van der Waals surface area (Å²) in [5.41, 5.74) is 1.80. The molecular formula is C29H36N4O4. The Bertz CT molecular complexity index is 1120. The number of amides is 3. The van der Waals surface area contributed by atoms with E-state index < -0.39 is 24.1 Å². The number of ether oxygens (including phenoxy) is 1. The highest BCUT2D eigenvalue weighted by atomic mass is 16.5. The van der Waals surface area contributed by atoms with Crippen LogP contribution in [-0.4, -0.2) is 60.4 Å². The van der Waals surface area contributed by atoms with E-state index in [1.807, 2.05) is 80.4 Å². The molecule has 3 aliphatic rings. The second-order valence-corrected chi connectivity index (χ2v) is 10.1. The Morgan fingerprint density at radius 3 is 2.46 bits per heavy atom. The van der Waals surface area contributed by atoms with Crippen molar-refractivity contribution in [3.05, 3.63) is 71.9 Å². The number of likely N-dealkylation sites (tertiary alicyclic amines) is 1. The summed E-state index contributed by atoms with van der Waals surface area (Å²) < 4.78 is 6.31. The topological polar surface area (TPSA) is 99.8 Å². The molecule has 0 aliphatic carbocycles. The molecule has 0 unspecified atom stereocenters. The van der Waals surface area contributed by atoms with Gasteiger partial charge in [0.2, 0.25) is 17.7 Å². The first-order valence-electron chi connectivity index (χ1n) is 12.9. The number of benzene rings is 2. The van der Waals surface area contributed by atoms with Gasteiger partial charge < -0.3 is 20.7 Å². The van der Waals surface area contributed by atoms with E-state index in [1.165, 1.54) is 0 Å². The molecule has 0 aromatic heterocycles. The monoisotopic (exact) mass is 504 g/mol. The summed E-state index contributed by atoms with van der Waals surface area (Å²) in [6.07, 6.45) is 4.67. The molecule has 196 valence electrons. The van der Waals surface area contributed by atoms with Crippen LogP contribution in [0, 0.1) is 5.92 Å². The van der Waals surface area contributed by atoms with Gasteiger partial charge in [0.1, 0.15) is 23.9 Å². The van der Waals surface area contributed by atoms with Gasteiger partial charge in [0.25, 0.3) is 0 Å². The van der Waals surface area contributed by atoms with Gasteiger partial charge >= 0.3 is 0 Å². The number of fused-ring (bicyclic) bond motifs is 10. The van der Waals surface area contributed by atoms with Gasteiger partial charge in [0, 0.05) is 12.6 Å². The van der Waals surface area contributed by atoms with Gasteiger partial charge in [-0.25, -0.2) is 0 Å². The molecule has 0 saturated carbocycles. The quantitative estimate of drug-likeness (QED) is 0.581. The lowest BCUT2D eigenvalue weighted by Crippen LogP contribution is -2.61. The zero-order valence-corrected chi connectivity index (χ0v) is 21.6. The fraction of sp³-hybridized carbons (Fsp3) is 0.414. The highest BCUT2D eigenvalue weighted by Crippen LogP contribution is 2.22. The second kappa shape index (κ2) is 12.1. The third-order valence-electron chi connectivity index (χ3n) is 6.96. The lowest BCUT2D eigenvalue weighted by Gasteiger charge is -2.33. The van der Waals surface area contributed by atoms with Crippen LogP contribution in [0.15, 0.2) is 60.8 Å². The van der Waals surface area contributed by atoms with Gasteiger partial charge in [-0.1, -0.05) is 56.3 Å². The number of carbonyl (C=O) groups is 3. The molecule has 2 bridgehead atoms.